The van der Waals surface area contributed by atoms with Crippen LogP contribution in [0.25, 0.3) is 0 Å². The number of para-hydroxylation sites is 2. The molecule has 0 spiro atoms. The molecule has 0 aromatic heterocycles. The summed E-state index contributed by atoms with van der Waals surface area (Å²) < 4.78 is 0. The fraction of sp³-hybridized carbons (Fsp3) is 0.316. The van der Waals surface area contributed by atoms with E-state index in [4.69, 9.17) is 4.99 Å². The molecule has 2 heteroatoms. The monoisotopic (exact) mass is 280 g/mol. The molecule has 0 N–H and O–H groups in total. The lowest BCUT2D eigenvalue weighted by Gasteiger charge is -2.23. The third-order valence-corrected chi connectivity index (χ3v) is 3.70. The van der Waals surface area contributed by atoms with Gasteiger partial charge in [0.1, 0.15) is 5.84 Å². The number of anilines is 1. The summed E-state index contributed by atoms with van der Waals surface area (Å²) in [6.45, 7) is 6.44. The highest BCUT2D eigenvalue weighted by atomic mass is 15.2. The number of aliphatic imine (C=N–C) groups is 1. The van der Waals surface area contributed by atoms with Crippen LogP contribution in [0.4, 0.5) is 11.4 Å². The molecule has 0 amide bonds. The maximum atomic E-state index is 4.91. The second-order valence-corrected chi connectivity index (χ2v) is 5.41. The molecule has 110 valence electrons. The molecule has 0 heterocycles. The predicted octanol–water partition coefficient (Wildman–Crippen LogP) is 5.27. The fourth-order valence-corrected chi connectivity index (χ4v) is 2.43. The van der Waals surface area contributed by atoms with Crippen molar-refractivity contribution in [2.45, 2.75) is 33.6 Å². The van der Waals surface area contributed by atoms with Crippen molar-refractivity contribution in [3.63, 3.8) is 0 Å². The van der Waals surface area contributed by atoms with Crippen LogP contribution in [0.1, 0.15) is 30.9 Å². The lowest BCUT2D eigenvalue weighted by molar-refractivity contribution is 0.965. The first-order chi connectivity index (χ1) is 10.1. The van der Waals surface area contributed by atoms with Crippen LogP contribution in [0.2, 0.25) is 0 Å². The summed E-state index contributed by atoms with van der Waals surface area (Å²) in [5, 5.41) is 0. The second kappa shape index (κ2) is 7.07. The van der Waals surface area contributed by atoms with Crippen molar-refractivity contribution in [1.29, 1.82) is 0 Å². The Labute approximate surface area is 128 Å². The van der Waals surface area contributed by atoms with Crippen LogP contribution in [0.15, 0.2) is 53.5 Å². The van der Waals surface area contributed by atoms with E-state index < -0.39 is 0 Å². The number of hydrogen-bond acceptors (Lipinski definition) is 1. The van der Waals surface area contributed by atoms with Crippen molar-refractivity contribution < 1.29 is 0 Å². The van der Waals surface area contributed by atoms with Crippen molar-refractivity contribution in [3.8, 4) is 0 Å². The van der Waals surface area contributed by atoms with Crippen LogP contribution in [-0.2, 0) is 0 Å². The van der Waals surface area contributed by atoms with Crippen molar-refractivity contribution in [2.24, 2.45) is 4.99 Å². The smallest absolute Gasteiger partial charge is 0.109 e. The van der Waals surface area contributed by atoms with Gasteiger partial charge in [0.2, 0.25) is 0 Å². The summed E-state index contributed by atoms with van der Waals surface area (Å²) in [4.78, 5) is 7.12. The Balaban J connectivity index is 2.39. The van der Waals surface area contributed by atoms with Crippen LogP contribution in [-0.4, -0.2) is 12.9 Å². The molecule has 0 bridgehead atoms. The minimum atomic E-state index is 0.971. The minimum absolute atomic E-state index is 0.971. The number of nitrogens with zero attached hydrogens (tertiary/aromatic N) is 2. The first kappa shape index (κ1) is 15.3. The molecule has 0 aliphatic heterocycles. The maximum Gasteiger partial charge on any atom is 0.109 e. The van der Waals surface area contributed by atoms with Gasteiger partial charge in [-0.3, -0.25) is 0 Å². The Kier molecular flexibility index (Phi) is 5.15. The molecule has 21 heavy (non-hydrogen) atoms. The Hall–Kier alpha value is -2.09. The number of amidine groups is 1. The van der Waals surface area contributed by atoms with E-state index in [1.807, 2.05) is 6.07 Å². The molecule has 2 nitrogen and oxygen atoms in total. The third-order valence-electron chi connectivity index (χ3n) is 3.70. The summed E-state index contributed by atoms with van der Waals surface area (Å²) in [5.41, 5.74) is 4.76. The Bertz CT molecular complexity index is 629. The second-order valence-electron chi connectivity index (χ2n) is 5.41. The average Bonchev–Trinajstić information content (AvgIpc) is 2.49. The average molecular weight is 280 g/mol. The van der Waals surface area contributed by atoms with Crippen LogP contribution in [0.3, 0.4) is 0 Å². The molecule has 0 saturated heterocycles. The van der Waals surface area contributed by atoms with E-state index >= 15 is 0 Å². The molecule has 2 aromatic rings. The molecular weight excluding hydrogens is 256 g/mol. The zero-order valence-electron chi connectivity index (χ0n) is 13.4. The normalized spacial score (nSPS) is 11.5. The standard InChI is InChI=1S/C19H24N2/c1-5-10-19(20-17-13-8-6-11-15(17)2)21(4)18-14-9-7-12-16(18)3/h6-9,11-14H,5,10H2,1-4H3/b20-19+. The van der Waals surface area contributed by atoms with Gasteiger partial charge in [0.25, 0.3) is 0 Å². The van der Waals surface area contributed by atoms with Gasteiger partial charge in [-0.25, -0.2) is 4.99 Å². The molecule has 0 saturated carbocycles. The van der Waals surface area contributed by atoms with E-state index in [-0.39, 0.29) is 0 Å². The summed E-state index contributed by atoms with van der Waals surface area (Å²) in [6, 6.07) is 16.7. The number of aryl methyl sites for hydroxylation is 2. The van der Waals surface area contributed by atoms with E-state index in [2.05, 4.69) is 75.2 Å². The predicted molar refractivity (Wildman–Crippen MR) is 92.8 cm³/mol. The van der Waals surface area contributed by atoms with Gasteiger partial charge in [-0.2, -0.15) is 0 Å². The molecule has 0 aliphatic rings. The Morgan fingerprint density at radius 2 is 1.57 bits per heavy atom. The van der Waals surface area contributed by atoms with Crippen LogP contribution < -0.4 is 4.90 Å². The molecule has 2 aromatic carbocycles. The zero-order chi connectivity index (χ0) is 15.2. The van der Waals surface area contributed by atoms with Gasteiger partial charge in [-0.15, -0.1) is 0 Å². The molecule has 0 fully saturated rings. The van der Waals surface area contributed by atoms with E-state index in [1.54, 1.807) is 0 Å². The number of rotatable bonds is 4. The lowest BCUT2D eigenvalue weighted by atomic mass is 10.1. The van der Waals surface area contributed by atoms with Gasteiger partial charge in [-0.1, -0.05) is 43.3 Å². The van der Waals surface area contributed by atoms with Gasteiger partial charge in [0.15, 0.2) is 0 Å². The van der Waals surface area contributed by atoms with Crippen LogP contribution in [0.5, 0.6) is 0 Å². The van der Waals surface area contributed by atoms with Gasteiger partial charge >= 0.3 is 0 Å². The molecule has 0 unspecified atom stereocenters. The highest BCUT2D eigenvalue weighted by Crippen LogP contribution is 2.23. The molecule has 0 radical (unpaired) electrons. The topological polar surface area (TPSA) is 15.6 Å². The largest absolute Gasteiger partial charge is 0.333 e. The van der Waals surface area contributed by atoms with Gasteiger partial charge in [0, 0.05) is 19.2 Å². The van der Waals surface area contributed by atoms with Gasteiger partial charge in [-0.05, 0) is 43.5 Å². The number of hydrogen-bond donors (Lipinski definition) is 0. The molecular formula is C19H24N2. The zero-order valence-corrected chi connectivity index (χ0v) is 13.4. The van der Waals surface area contributed by atoms with Crippen molar-refractivity contribution in [1.82, 2.24) is 0 Å². The van der Waals surface area contributed by atoms with Crippen molar-refractivity contribution in [3.05, 3.63) is 59.7 Å². The molecule has 0 atom stereocenters. The summed E-state index contributed by atoms with van der Waals surface area (Å²) >= 11 is 0. The maximum absolute atomic E-state index is 4.91. The van der Waals surface area contributed by atoms with Crippen molar-refractivity contribution >= 4 is 17.2 Å². The molecule has 0 aliphatic carbocycles. The first-order valence-corrected chi connectivity index (χ1v) is 7.56. The summed E-state index contributed by atoms with van der Waals surface area (Å²) in [5.74, 6) is 1.11. The van der Waals surface area contributed by atoms with E-state index in [9.17, 15) is 0 Å². The third kappa shape index (κ3) is 3.72. The van der Waals surface area contributed by atoms with Crippen molar-refractivity contribution in [2.75, 3.05) is 11.9 Å². The van der Waals surface area contributed by atoms with Crippen LogP contribution in [0, 0.1) is 13.8 Å². The Morgan fingerprint density at radius 3 is 2.19 bits per heavy atom. The number of benzene rings is 2. The lowest BCUT2D eigenvalue weighted by Crippen LogP contribution is -2.26. The van der Waals surface area contributed by atoms with Gasteiger partial charge < -0.3 is 4.90 Å². The van der Waals surface area contributed by atoms with E-state index in [0.29, 0.717) is 0 Å². The highest BCUT2D eigenvalue weighted by Gasteiger charge is 2.10. The fourth-order valence-electron chi connectivity index (χ4n) is 2.43. The first-order valence-electron chi connectivity index (χ1n) is 7.56. The van der Waals surface area contributed by atoms with Gasteiger partial charge in [0.05, 0.1) is 5.69 Å². The summed E-state index contributed by atoms with van der Waals surface area (Å²) in [6.07, 6.45) is 2.06. The Morgan fingerprint density at radius 1 is 0.952 bits per heavy atom. The van der Waals surface area contributed by atoms with E-state index in [0.717, 1.165) is 24.4 Å². The highest BCUT2D eigenvalue weighted by molar-refractivity contribution is 5.99. The molecule has 2 rings (SSSR count). The minimum Gasteiger partial charge on any atom is -0.333 e. The SMILES string of the molecule is CCC/C(=N\c1ccccc1C)N(C)c1ccccc1C. The van der Waals surface area contributed by atoms with E-state index in [1.165, 1.54) is 16.8 Å². The quantitative estimate of drug-likeness (QED) is 0.550. The van der Waals surface area contributed by atoms with Crippen LogP contribution >= 0.6 is 0 Å². The summed E-state index contributed by atoms with van der Waals surface area (Å²) in [7, 11) is 2.11.